The molecule has 0 heterocycles. The van der Waals surface area contributed by atoms with E-state index in [4.69, 9.17) is 0 Å². The van der Waals surface area contributed by atoms with Crippen LogP contribution in [0.25, 0.3) is 0 Å². The van der Waals surface area contributed by atoms with Gasteiger partial charge in [0.25, 0.3) is 0 Å². The minimum atomic E-state index is 0.810. The van der Waals surface area contributed by atoms with Gasteiger partial charge in [-0.1, -0.05) is 55.5 Å². The molecule has 2 atom stereocenters. The van der Waals surface area contributed by atoms with Crippen LogP contribution in [-0.2, 0) is 0 Å². The first-order valence-corrected chi connectivity index (χ1v) is 7.29. The van der Waals surface area contributed by atoms with E-state index in [2.05, 4.69) is 29.8 Å². The molecule has 0 saturated heterocycles. The van der Waals surface area contributed by atoms with Crippen molar-refractivity contribution in [3.05, 3.63) is 0 Å². The van der Waals surface area contributed by atoms with E-state index in [1.54, 1.807) is 0 Å². The molecule has 0 aromatic heterocycles. The van der Waals surface area contributed by atoms with Crippen molar-refractivity contribution in [2.45, 2.75) is 70.0 Å². The molecule has 1 aliphatic carbocycles. The third kappa shape index (κ3) is 4.33. The summed E-state index contributed by atoms with van der Waals surface area (Å²) < 4.78 is 0. The van der Waals surface area contributed by atoms with Crippen LogP contribution < -0.4 is 0 Å². The van der Waals surface area contributed by atoms with E-state index >= 15 is 0 Å². The lowest BCUT2D eigenvalue weighted by atomic mass is 9.94. The van der Waals surface area contributed by atoms with E-state index in [0.717, 1.165) is 16.7 Å². The summed E-state index contributed by atoms with van der Waals surface area (Å²) in [6.45, 7) is 4.69. The van der Waals surface area contributed by atoms with Crippen LogP contribution in [0.1, 0.15) is 65.2 Å². The highest BCUT2D eigenvalue weighted by molar-refractivity contribution is 9.09. The van der Waals surface area contributed by atoms with E-state index in [1.807, 2.05) is 0 Å². The second kappa shape index (κ2) is 6.87. The Morgan fingerprint density at radius 3 is 2.36 bits per heavy atom. The Bertz CT molecular complexity index is 138. The highest BCUT2D eigenvalue weighted by Gasteiger charge is 2.22. The average Bonchev–Trinajstić information content (AvgIpc) is 2.67. The minimum absolute atomic E-state index is 0.810. The zero-order valence-electron chi connectivity index (χ0n) is 9.77. The molecule has 1 rings (SSSR count). The number of hydrogen-bond donors (Lipinski definition) is 0. The summed E-state index contributed by atoms with van der Waals surface area (Å²) in [7, 11) is 0. The van der Waals surface area contributed by atoms with Gasteiger partial charge in [0.2, 0.25) is 0 Å². The zero-order chi connectivity index (χ0) is 10.4. The van der Waals surface area contributed by atoms with Crippen LogP contribution in [0.2, 0.25) is 0 Å². The molecule has 0 radical (unpaired) electrons. The quantitative estimate of drug-likeness (QED) is 0.579. The van der Waals surface area contributed by atoms with Crippen molar-refractivity contribution in [2.24, 2.45) is 11.8 Å². The second-order valence-corrected chi connectivity index (χ2v) is 6.21. The van der Waals surface area contributed by atoms with Gasteiger partial charge >= 0.3 is 0 Å². The zero-order valence-corrected chi connectivity index (χ0v) is 11.4. The van der Waals surface area contributed by atoms with E-state index in [9.17, 15) is 0 Å². The molecule has 0 spiro atoms. The molecule has 0 bridgehead atoms. The predicted molar refractivity (Wildman–Crippen MR) is 68.0 cm³/mol. The van der Waals surface area contributed by atoms with Crippen LogP contribution in [-0.4, -0.2) is 4.83 Å². The van der Waals surface area contributed by atoms with E-state index in [0.29, 0.717) is 0 Å². The number of rotatable bonds is 6. The smallest absolute Gasteiger partial charge is 0.0174 e. The third-order valence-electron chi connectivity index (χ3n) is 3.63. The second-order valence-electron chi connectivity index (χ2n) is 5.03. The highest BCUT2D eigenvalue weighted by Crippen LogP contribution is 2.34. The van der Waals surface area contributed by atoms with Gasteiger partial charge in [0.05, 0.1) is 0 Å². The van der Waals surface area contributed by atoms with Gasteiger partial charge in [-0.2, -0.15) is 0 Å². The van der Waals surface area contributed by atoms with Crippen LogP contribution in [0.3, 0.4) is 0 Å². The van der Waals surface area contributed by atoms with Crippen LogP contribution in [0, 0.1) is 11.8 Å². The lowest BCUT2D eigenvalue weighted by molar-refractivity contribution is 0.424. The van der Waals surface area contributed by atoms with Gasteiger partial charge in [0.1, 0.15) is 0 Å². The lowest BCUT2D eigenvalue weighted by Crippen LogP contribution is -2.12. The molecule has 1 heteroatoms. The van der Waals surface area contributed by atoms with Gasteiger partial charge in [-0.15, -0.1) is 0 Å². The van der Waals surface area contributed by atoms with Crippen molar-refractivity contribution in [1.82, 2.24) is 0 Å². The fraction of sp³-hybridized carbons (Fsp3) is 1.00. The number of hydrogen-bond acceptors (Lipinski definition) is 0. The highest BCUT2D eigenvalue weighted by atomic mass is 79.9. The lowest BCUT2D eigenvalue weighted by Gasteiger charge is -2.19. The summed E-state index contributed by atoms with van der Waals surface area (Å²) in [5.41, 5.74) is 0. The monoisotopic (exact) mass is 260 g/mol. The number of alkyl halides is 1. The minimum Gasteiger partial charge on any atom is -0.0888 e. The summed E-state index contributed by atoms with van der Waals surface area (Å²) >= 11 is 3.88. The number of halogens is 1. The third-order valence-corrected chi connectivity index (χ3v) is 4.83. The molecule has 1 saturated carbocycles. The normalized spacial score (nSPS) is 22.5. The van der Waals surface area contributed by atoms with Crippen molar-refractivity contribution < 1.29 is 0 Å². The van der Waals surface area contributed by atoms with Crippen molar-refractivity contribution in [2.75, 3.05) is 0 Å². The van der Waals surface area contributed by atoms with E-state index in [1.165, 1.54) is 51.4 Å². The molecule has 0 nitrogen and oxygen atoms in total. The molecule has 84 valence electrons. The molecular formula is C13H25Br. The van der Waals surface area contributed by atoms with Crippen molar-refractivity contribution in [1.29, 1.82) is 0 Å². The van der Waals surface area contributed by atoms with Crippen molar-refractivity contribution in [3.8, 4) is 0 Å². The van der Waals surface area contributed by atoms with Crippen LogP contribution in [0.15, 0.2) is 0 Å². The topological polar surface area (TPSA) is 0 Å². The van der Waals surface area contributed by atoms with E-state index in [-0.39, 0.29) is 0 Å². The largest absolute Gasteiger partial charge is 0.0888 e. The van der Waals surface area contributed by atoms with Crippen LogP contribution >= 0.6 is 15.9 Å². The Labute approximate surface area is 98.0 Å². The van der Waals surface area contributed by atoms with Crippen molar-refractivity contribution in [3.63, 3.8) is 0 Å². The molecule has 0 aromatic rings. The standard InChI is InChI=1S/C13H25Br/c1-3-6-11(2)9-10-13(14)12-7-4-5-8-12/h11-13H,3-10H2,1-2H3. The fourth-order valence-electron chi connectivity index (χ4n) is 2.64. The SMILES string of the molecule is CCCC(C)CCC(Br)C1CCCC1. The maximum atomic E-state index is 3.88. The maximum Gasteiger partial charge on any atom is 0.0174 e. The van der Waals surface area contributed by atoms with Crippen LogP contribution in [0.4, 0.5) is 0 Å². The van der Waals surface area contributed by atoms with Gasteiger partial charge in [0.15, 0.2) is 0 Å². The van der Waals surface area contributed by atoms with E-state index < -0.39 is 0 Å². The predicted octanol–water partition coefficient (Wildman–Crippen LogP) is 5.16. The summed E-state index contributed by atoms with van der Waals surface area (Å²) in [5.74, 6) is 1.92. The van der Waals surface area contributed by atoms with Gasteiger partial charge in [-0.3, -0.25) is 0 Å². The summed E-state index contributed by atoms with van der Waals surface area (Å²) in [6.07, 6.45) is 11.4. The Hall–Kier alpha value is 0.480. The van der Waals surface area contributed by atoms with Crippen molar-refractivity contribution >= 4 is 15.9 Å². The molecule has 0 aliphatic heterocycles. The molecule has 0 aromatic carbocycles. The van der Waals surface area contributed by atoms with Gasteiger partial charge in [-0.05, 0) is 37.5 Å². The molecular weight excluding hydrogens is 236 g/mol. The average molecular weight is 261 g/mol. The summed E-state index contributed by atoms with van der Waals surface area (Å²) in [6, 6.07) is 0. The summed E-state index contributed by atoms with van der Waals surface area (Å²) in [4.78, 5) is 0.810. The Morgan fingerprint density at radius 1 is 1.14 bits per heavy atom. The molecule has 0 N–H and O–H groups in total. The molecule has 2 unspecified atom stereocenters. The van der Waals surface area contributed by atoms with Gasteiger partial charge in [-0.25, -0.2) is 0 Å². The Morgan fingerprint density at radius 2 is 1.79 bits per heavy atom. The first-order chi connectivity index (χ1) is 6.74. The summed E-state index contributed by atoms with van der Waals surface area (Å²) in [5, 5.41) is 0. The Balaban J connectivity index is 2.10. The van der Waals surface area contributed by atoms with Crippen LogP contribution in [0.5, 0.6) is 0 Å². The first kappa shape index (κ1) is 12.5. The molecule has 0 amide bonds. The fourth-order valence-corrected chi connectivity index (χ4v) is 3.43. The molecule has 1 fully saturated rings. The van der Waals surface area contributed by atoms with Gasteiger partial charge < -0.3 is 0 Å². The van der Waals surface area contributed by atoms with Gasteiger partial charge in [0, 0.05) is 4.83 Å². The molecule has 14 heavy (non-hydrogen) atoms. The first-order valence-electron chi connectivity index (χ1n) is 6.38. The Kier molecular flexibility index (Phi) is 6.16. The maximum absolute atomic E-state index is 3.88. The molecule has 1 aliphatic rings.